The van der Waals surface area contributed by atoms with E-state index in [-0.39, 0.29) is 0 Å². The van der Waals surface area contributed by atoms with Gasteiger partial charge in [-0.2, -0.15) is 0 Å². The molecule has 0 aromatic rings. The molecule has 18 heavy (non-hydrogen) atoms. The van der Waals surface area contributed by atoms with Gasteiger partial charge in [-0.3, -0.25) is 4.79 Å². The lowest BCUT2D eigenvalue weighted by molar-refractivity contribution is -0.131. The van der Waals surface area contributed by atoms with Gasteiger partial charge in [-0.25, -0.2) is 0 Å². The molecule has 1 aliphatic rings. The van der Waals surface area contributed by atoms with E-state index < -0.39 is 0 Å². The molecule has 0 saturated carbocycles. The molecule has 0 spiro atoms. The summed E-state index contributed by atoms with van der Waals surface area (Å²) in [5, 5.41) is 0. The number of carbonyl (C=O) groups is 1. The third kappa shape index (κ3) is 4.81. The van der Waals surface area contributed by atoms with Crippen LogP contribution in [0.1, 0.15) is 46.5 Å². The van der Waals surface area contributed by atoms with Gasteiger partial charge in [0, 0.05) is 19.5 Å². The standard InChI is InChI=1S/C15H28N2O/c1-12(2)14(6-9-16)4-5-15(18)17-10-7-13(3)8-11-17/h7,12,14H,4-6,8-11,16H2,1-3H3. The number of hydrogen-bond donors (Lipinski definition) is 1. The van der Waals surface area contributed by atoms with Crippen molar-refractivity contribution in [2.45, 2.75) is 46.5 Å². The fourth-order valence-corrected chi connectivity index (χ4v) is 2.49. The average Bonchev–Trinajstić information content (AvgIpc) is 2.34. The average molecular weight is 252 g/mol. The Bertz CT molecular complexity index is 297. The van der Waals surface area contributed by atoms with Gasteiger partial charge < -0.3 is 10.6 Å². The van der Waals surface area contributed by atoms with Crippen LogP contribution in [-0.2, 0) is 4.79 Å². The van der Waals surface area contributed by atoms with Gasteiger partial charge in [0.05, 0.1) is 0 Å². The zero-order chi connectivity index (χ0) is 13.5. The number of nitrogens with two attached hydrogens (primary N) is 1. The summed E-state index contributed by atoms with van der Waals surface area (Å²) in [6.07, 6.45) is 5.88. The van der Waals surface area contributed by atoms with E-state index in [1.165, 1.54) is 5.57 Å². The molecule has 0 aromatic heterocycles. The van der Waals surface area contributed by atoms with Gasteiger partial charge in [-0.15, -0.1) is 0 Å². The molecule has 104 valence electrons. The van der Waals surface area contributed by atoms with Gasteiger partial charge in [0.25, 0.3) is 0 Å². The van der Waals surface area contributed by atoms with Crippen LogP contribution in [0, 0.1) is 11.8 Å². The van der Waals surface area contributed by atoms with E-state index in [1.807, 2.05) is 4.90 Å². The van der Waals surface area contributed by atoms with Crippen molar-refractivity contribution in [1.29, 1.82) is 0 Å². The van der Waals surface area contributed by atoms with Gasteiger partial charge in [0.15, 0.2) is 0 Å². The molecule has 0 saturated heterocycles. The molecule has 0 radical (unpaired) electrons. The normalized spacial score (nSPS) is 17.8. The van der Waals surface area contributed by atoms with Crippen LogP contribution >= 0.6 is 0 Å². The number of carbonyl (C=O) groups excluding carboxylic acids is 1. The molecule has 1 aliphatic heterocycles. The summed E-state index contributed by atoms with van der Waals surface area (Å²) in [5.74, 6) is 1.51. The summed E-state index contributed by atoms with van der Waals surface area (Å²) in [6.45, 7) is 8.99. The van der Waals surface area contributed by atoms with E-state index in [9.17, 15) is 4.79 Å². The first-order chi connectivity index (χ1) is 8.54. The Kier molecular flexibility index (Phi) is 6.41. The van der Waals surface area contributed by atoms with E-state index in [1.54, 1.807) is 0 Å². The van der Waals surface area contributed by atoms with E-state index in [0.717, 1.165) is 38.9 Å². The van der Waals surface area contributed by atoms with Crippen molar-refractivity contribution in [1.82, 2.24) is 4.90 Å². The molecular formula is C15H28N2O. The summed E-state index contributed by atoms with van der Waals surface area (Å²) in [5.41, 5.74) is 7.03. The fourth-order valence-electron chi connectivity index (χ4n) is 2.49. The SMILES string of the molecule is CC1=CCN(C(=O)CCC(CCN)C(C)C)CC1. The zero-order valence-electron chi connectivity index (χ0n) is 12.1. The van der Waals surface area contributed by atoms with Crippen molar-refractivity contribution < 1.29 is 4.79 Å². The van der Waals surface area contributed by atoms with Crippen LogP contribution < -0.4 is 5.73 Å². The monoisotopic (exact) mass is 252 g/mol. The molecule has 3 heteroatoms. The second kappa shape index (κ2) is 7.57. The van der Waals surface area contributed by atoms with Crippen LogP contribution in [0.4, 0.5) is 0 Å². The first kappa shape index (κ1) is 15.2. The highest BCUT2D eigenvalue weighted by Gasteiger charge is 2.19. The Balaban J connectivity index is 2.36. The zero-order valence-corrected chi connectivity index (χ0v) is 12.1. The number of hydrogen-bond acceptors (Lipinski definition) is 2. The summed E-state index contributed by atoms with van der Waals surface area (Å²) in [7, 11) is 0. The van der Waals surface area contributed by atoms with Crippen molar-refractivity contribution in [3.8, 4) is 0 Å². The minimum absolute atomic E-state index is 0.307. The topological polar surface area (TPSA) is 46.3 Å². The minimum Gasteiger partial charge on any atom is -0.339 e. The van der Waals surface area contributed by atoms with Gasteiger partial charge in [0.2, 0.25) is 5.91 Å². The molecule has 1 heterocycles. The van der Waals surface area contributed by atoms with E-state index >= 15 is 0 Å². The first-order valence-electron chi connectivity index (χ1n) is 7.18. The Hall–Kier alpha value is -0.830. The number of nitrogens with zero attached hydrogens (tertiary/aromatic N) is 1. The molecule has 1 unspecified atom stereocenters. The van der Waals surface area contributed by atoms with Crippen LogP contribution in [0.5, 0.6) is 0 Å². The van der Waals surface area contributed by atoms with Gasteiger partial charge in [-0.1, -0.05) is 25.5 Å². The third-order valence-corrected chi connectivity index (χ3v) is 4.00. The van der Waals surface area contributed by atoms with E-state index in [4.69, 9.17) is 5.73 Å². The van der Waals surface area contributed by atoms with Crippen molar-refractivity contribution >= 4 is 5.91 Å². The second-order valence-corrected chi connectivity index (χ2v) is 5.76. The molecular weight excluding hydrogens is 224 g/mol. The summed E-state index contributed by atoms with van der Waals surface area (Å²) < 4.78 is 0. The predicted octanol–water partition coefficient (Wildman–Crippen LogP) is 2.57. The molecule has 0 fully saturated rings. The molecule has 0 bridgehead atoms. The molecule has 0 aromatic carbocycles. The lowest BCUT2D eigenvalue weighted by Gasteiger charge is -2.27. The van der Waals surface area contributed by atoms with E-state index in [2.05, 4.69) is 26.8 Å². The summed E-state index contributed by atoms with van der Waals surface area (Å²) in [4.78, 5) is 14.1. The molecule has 0 aliphatic carbocycles. The lowest BCUT2D eigenvalue weighted by atomic mass is 9.88. The highest BCUT2D eigenvalue weighted by Crippen LogP contribution is 2.21. The predicted molar refractivity (Wildman–Crippen MR) is 76.2 cm³/mol. The maximum atomic E-state index is 12.1. The smallest absolute Gasteiger partial charge is 0.222 e. The van der Waals surface area contributed by atoms with Gasteiger partial charge in [-0.05, 0) is 44.6 Å². The molecule has 2 N–H and O–H groups in total. The van der Waals surface area contributed by atoms with Crippen molar-refractivity contribution in [3.63, 3.8) is 0 Å². The molecule has 1 rings (SSSR count). The van der Waals surface area contributed by atoms with Gasteiger partial charge >= 0.3 is 0 Å². The molecule has 1 amide bonds. The fraction of sp³-hybridized carbons (Fsp3) is 0.800. The maximum absolute atomic E-state index is 12.1. The molecule has 3 nitrogen and oxygen atoms in total. The van der Waals surface area contributed by atoms with Gasteiger partial charge in [0.1, 0.15) is 0 Å². The van der Waals surface area contributed by atoms with Crippen LogP contribution in [0.3, 0.4) is 0 Å². The highest BCUT2D eigenvalue weighted by atomic mass is 16.2. The quantitative estimate of drug-likeness (QED) is 0.739. The third-order valence-electron chi connectivity index (χ3n) is 4.00. The Labute approximate surface area is 111 Å². The maximum Gasteiger partial charge on any atom is 0.222 e. The Morgan fingerprint density at radius 2 is 2.17 bits per heavy atom. The van der Waals surface area contributed by atoms with Crippen LogP contribution in [0.2, 0.25) is 0 Å². The number of amides is 1. The summed E-state index contributed by atoms with van der Waals surface area (Å²) in [6, 6.07) is 0. The lowest BCUT2D eigenvalue weighted by Crippen LogP contribution is -2.35. The number of rotatable bonds is 6. The van der Waals surface area contributed by atoms with Crippen LogP contribution in [-0.4, -0.2) is 30.4 Å². The highest BCUT2D eigenvalue weighted by molar-refractivity contribution is 5.76. The largest absolute Gasteiger partial charge is 0.339 e. The Morgan fingerprint density at radius 3 is 2.67 bits per heavy atom. The first-order valence-corrected chi connectivity index (χ1v) is 7.18. The van der Waals surface area contributed by atoms with Crippen molar-refractivity contribution in [2.75, 3.05) is 19.6 Å². The second-order valence-electron chi connectivity index (χ2n) is 5.76. The Morgan fingerprint density at radius 1 is 1.44 bits per heavy atom. The van der Waals surface area contributed by atoms with Crippen molar-refractivity contribution in [2.24, 2.45) is 17.6 Å². The molecule has 1 atom stereocenters. The van der Waals surface area contributed by atoms with Crippen molar-refractivity contribution in [3.05, 3.63) is 11.6 Å². The summed E-state index contributed by atoms with van der Waals surface area (Å²) >= 11 is 0. The van der Waals surface area contributed by atoms with Crippen LogP contribution in [0.25, 0.3) is 0 Å². The van der Waals surface area contributed by atoms with E-state index in [0.29, 0.717) is 24.2 Å². The van der Waals surface area contributed by atoms with Crippen LogP contribution in [0.15, 0.2) is 11.6 Å². The minimum atomic E-state index is 0.307.